The van der Waals surface area contributed by atoms with Gasteiger partial charge in [-0.2, -0.15) is 0 Å². The van der Waals surface area contributed by atoms with Crippen LogP contribution in [0.4, 0.5) is 0 Å². The van der Waals surface area contributed by atoms with E-state index in [0.29, 0.717) is 0 Å². The summed E-state index contributed by atoms with van der Waals surface area (Å²) < 4.78 is 0. The van der Waals surface area contributed by atoms with Gasteiger partial charge in [0.15, 0.2) is 0 Å². The molecule has 0 spiro atoms. The van der Waals surface area contributed by atoms with E-state index in [0.717, 1.165) is 35.7 Å². The fourth-order valence-electron chi connectivity index (χ4n) is 2.38. The molecule has 0 radical (unpaired) electrons. The standard InChI is InChI=1S/C14H17BrO/c1-10(9-15)11-5-6-13-12(8-11)4-3-7-14(13,2)16/h5-6,8,16H,1,3-4,7,9H2,2H3. The first kappa shape index (κ1) is 11.9. The Bertz CT molecular complexity index is 421. The van der Waals surface area contributed by atoms with Gasteiger partial charge in [-0.05, 0) is 48.4 Å². The minimum absolute atomic E-state index is 0.651. The lowest BCUT2D eigenvalue weighted by atomic mass is 9.79. The van der Waals surface area contributed by atoms with E-state index >= 15 is 0 Å². The molecule has 0 aromatic heterocycles. The highest BCUT2D eigenvalue weighted by molar-refractivity contribution is 9.09. The van der Waals surface area contributed by atoms with Gasteiger partial charge in [0.2, 0.25) is 0 Å². The number of aryl methyl sites for hydroxylation is 1. The Kier molecular flexibility index (Phi) is 3.22. The highest BCUT2D eigenvalue weighted by Crippen LogP contribution is 2.36. The lowest BCUT2D eigenvalue weighted by molar-refractivity contribution is 0.0387. The van der Waals surface area contributed by atoms with Gasteiger partial charge in [0, 0.05) is 5.33 Å². The molecule has 0 saturated carbocycles. The smallest absolute Gasteiger partial charge is 0.0871 e. The summed E-state index contributed by atoms with van der Waals surface area (Å²) in [6, 6.07) is 6.28. The van der Waals surface area contributed by atoms with E-state index in [4.69, 9.17) is 0 Å². The van der Waals surface area contributed by atoms with Crippen LogP contribution in [0.1, 0.15) is 36.5 Å². The molecule has 1 aliphatic carbocycles. The van der Waals surface area contributed by atoms with Crippen LogP contribution in [0.3, 0.4) is 0 Å². The van der Waals surface area contributed by atoms with Crippen LogP contribution < -0.4 is 0 Å². The maximum absolute atomic E-state index is 10.3. The maximum Gasteiger partial charge on any atom is 0.0871 e. The summed E-state index contributed by atoms with van der Waals surface area (Å²) in [6.45, 7) is 5.93. The summed E-state index contributed by atoms with van der Waals surface area (Å²) in [7, 11) is 0. The second-order valence-electron chi connectivity index (χ2n) is 4.74. The molecule has 1 aliphatic rings. The van der Waals surface area contributed by atoms with E-state index in [-0.39, 0.29) is 0 Å². The van der Waals surface area contributed by atoms with Crippen LogP contribution >= 0.6 is 15.9 Å². The normalized spacial score (nSPS) is 23.9. The number of fused-ring (bicyclic) bond motifs is 1. The molecular formula is C14H17BrO. The van der Waals surface area contributed by atoms with Crippen molar-refractivity contribution in [1.82, 2.24) is 0 Å². The predicted octanol–water partition coefficient (Wildman–Crippen LogP) is 3.64. The zero-order chi connectivity index (χ0) is 11.8. The van der Waals surface area contributed by atoms with E-state index in [1.807, 2.05) is 6.92 Å². The third-order valence-corrected chi connectivity index (χ3v) is 4.04. The van der Waals surface area contributed by atoms with E-state index in [1.165, 1.54) is 11.1 Å². The van der Waals surface area contributed by atoms with Gasteiger partial charge < -0.3 is 5.11 Å². The minimum atomic E-state index is -0.651. The van der Waals surface area contributed by atoms with E-state index in [9.17, 15) is 5.11 Å². The first-order valence-electron chi connectivity index (χ1n) is 5.64. The number of rotatable bonds is 2. The minimum Gasteiger partial charge on any atom is -0.385 e. The van der Waals surface area contributed by atoms with Crippen LogP contribution in [0.5, 0.6) is 0 Å². The van der Waals surface area contributed by atoms with Gasteiger partial charge in [-0.3, -0.25) is 0 Å². The Hall–Kier alpha value is -0.600. The number of hydrogen-bond donors (Lipinski definition) is 1. The molecule has 1 aromatic rings. The zero-order valence-electron chi connectivity index (χ0n) is 9.59. The van der Waals surface area contributed by atoms with Crippen molar-refractivity contribution in [3.8, 4) is 0 Å². The molecule has 2 heteroatoms. The molecule has 0 saturated heterocycles. The molecule has 2 rings (SSSR count). The first-order valence-corrected chi connectivity index (χ1v) is 6.76. The van der Waals surface area contributed by atoms with Crippen LogP contribution in [-0.4, -0.2) is 10.4 Å². The van der Waals surface area contributed by atoms with Crippen molar-refractivity contribution in [2.75, 3.05) is 5.33 Å². The molecule has 0 amide bonds. The Morgan fingerprint density at radius 2 is 2.31 bits per heavy atom. The summed E-state index contributed by atoms with van der Waals surface area (Å²) in [4.78, 5) is 0. The highest BCUT2D eigenvalue weighted by Gasteiger charge is 2.29. The fourth-order valence-corrected chi connectivity index (χ4v) is 2.70. The van der Waals surface area contributed by atoms with Crippen molar-refractivity contribution in [1.29, 1.82) is 0 Å². The van der Waals surface area contributed by atoms with Crippen molar-refractivity contribution in [2.45, 2.75) is 31.8 Å². The number of benzene rings is 1. The van der Waals surface area contributed by atoms with Crippen LogP contribution in [0.2, 0.25) is 0 Å². The van der Waals surface area contributed by atoms with Crippen LogP contribution in [0.15, 0.2) is 24.8 Å². The number of allylic oxidation sites excluding steroid dienone is 1. The summed E-state index contributed by atoms with van der Waals surface area (Å²) in [5.74, 6) is 0. The SMILES string of the molecule is C=C(CBr)c1ccc2c(c1)CCCC2(C)O. The van der Waals surface area contributed by atoms with Gasteiger partial charge in [0.25, 0.3) is 0 Å². The molecule has 86 valence electrons. The van der Waals surface area contributed by atoms with Crippen LogP contribution in [-0.2, 0) is 12.0 Å². The second kappa shape index (κ2) is 4.34. The van der Waals surface area contributed by atoms with Crippen molar-refractivity contribution in [3.05, 3.63) is 41.5 Å². The van der Waals surface area contributed by atoms with E-state index in [1.54, 1.807) is 0 Å². The molecule has 1 atom stereocenters. The number of aliphatic hydroxyl groups is 1. The predicted molar refractivity (Wildman–Crippen MR) is 71.8 cm³/mol. The Morgan fingerprint density at radius 3 is 3.00 bits per heavy atom. The number of alkyl halides is 1. The molecule has 16 heavy (non-hydrogen) atoms. The van der Waals surface area contributed by atoms with Crippen molar-refractivity contribution in [2.24, 2.45) is 0 Å². The molecule has 0 bridgehead atoms. The van der Waals surface area contributed by atoms with Crippen LogP contribution in [0.25, 0.3) is 5.57 Å². The summed E-state index contributed by atoms with van der Waals surface area (Å²) in [6.07, 6.45) is 2.98. The lowest BCUT2D eigenvalue weighted by Gasteiger charge is -2.31. The molecule has 0 fully saturated rings. The largest absolute Gasteiger partial charge is 0.385 e. The lowest BCUT2D eigenvalue weighted by Crippen LogP contribution is -2.26. The second-order valence-corrected chi connectivity index (χ2v) is 5.30. The van der Waals surface area contributed by atoms with Gasteiger partial charge in [0.1, 0.15) is 0 Å². The fraction of sp³-hybridized carbons (Fsp3) is 0.429. The molecule has 0 aliphatic heterocycles. The Labute approximate surface area is 105 Å². The molecule has 1 unspecified atom stereocenters. The Morgan fingerprint density at radius 1 is 1.56 bits per heavy atom. The number of halogens is 1. The van der Waals surface area contributed by atoms with Gasteiger partial charge in [0.05, 0.1) is 5.60 Å². The summed E-state index contributed by atoms with van der Waals surface area (Å²) in [5, 5.41) is 11.1. The van der Waals surface area contributed by atoms with Gasteiger partial charge in [-0.15, -0.1) is 0 Å². The van der Waals surface area contributed by atoms with Crippen LogP contribution in [0, 0.1) is 0 Å². The van der Waals surface area contributed by atoms with Gasteiger partial charge >= 0.3 is 0 Å². The van der Waals surface area contributed by atoms with Crippen molar-refractivity contribution < 1.29 is 5.11 Å². The summed E-state index contributed by atoms with van der Waals surface area (Å²) in [5.41, 5.74) is 3.98. The number of hydrogen-bond acceptors (Lipinski definition) is 1. The summed E-state index contributed by atoms with van der Waals surface area (Å²) >= 11 is 3.42. The first-order chi connectivity index (χ1) is 7.54. The molecule has 1 N–H and O–H groups in total. The van der Waals surface area contributed by atoms with E-state index < -0.39 is 5.60 Å². The van der Waals surface area contributed by atoms with Crippen molar-refractivity contribution in [3.63, 3.8) is 0 Å². The molecule has 1 nitrogen and oxygen atoms in total. The zero-order valence-corrected chi connectivity index (χ0v) is 11.2. The maximum atomic E-state index is 10.3. The monoisotopic (exact) mass is 280 g/mol. The quantitative estimate of drug-likeness (QED) is 0.821. The van der Waals surface area contributed by atoms with Crippen molar-refractivity contribution >= 4 is 21.5 Å². The highest BCUT2D eigenvalue weighted by atomic mass is 79.9. The average molecular weight is 281 g/mol. The van der Waals surface area contributed by atoms with E-state index in [2.05, 4.69) is 40.7 Å². The third kappa shape index (κ3) is 2.09. The van der Waals surface area contributed by atoms with Gasteiger partial charge in [-0.25, -0.2) is 0 Å². The molecule has 0 heterocycles. The topological polar surface area (TPSA) is 20.2 Å². The Balaban J connectivity index is 2.43. The molecular weight excluding hydrogens is 264 g/mol. The molecule has 1 aromatic carbocycles. The third-order valence-electron chi connectivity index (χ3n) is 3.36. The average Bonchev–Trinajstić information content (AvgIpc) is 2.27. The van der Waals surface area contributed by atoms with Gasteiger partial charge in [-0.1, -0.05) is 40.7 Å².